The van der Waals surface area contributed by atoms with Gasteiger partial charge in [-0.15, -0.1) is 0 Å². The highest BCUT2D eigenvalue weighted by molar-refractivity contribution is 7.86. The summed E-state index contributed by atoms with van der Waals surface area (Å²) in [7, 11) is -3.67. The largest absolute Gasteiger partial charge is 0.373 e. The Morgan fingerprint density at radius 1 is 1.19 bits per heavy atom. The van der Waals surface area contributed by atoms with Gasteiger partial charge in [-0.2, -0.15) is 8.42 Å². The van der Waals surface area contributed by atoms with Crippen molar-refractivity contribution in [2.75, 3.05) is 6.61 Å². The minimum atomic E-state index is -3.67. The predicted octanol–water partition coefficient (Wildman–Crippen LogP) is 3.05. The molecule has 116 valence electrons. The topological polar surface area (TPSA) is 55.9 Å². The second-order valence-corrected chi connectivity index (χ2v) is 7.71. The van der Waals surface area contributed by atoms with Crippen molar-refractivity contribution in [2.24, 2.45) is 5.92 Å². The van der Waals surface area contributed by atoms with Crippen molar-refractivity contribution in [3.8, 4) is 0 Å². The Balaban J connectivity index is 1.71. The first kappa shape index (κ1) is 15.0. The van der Waals surface area contributed by atoms with Crippen LogP contribution in [-0.2, 0) is 19.0 Å². The monoisotopic (exact) mass is 310 g/mol. The molecule has 0 aromatic heterocycles. The van der Waals surface area contributed by atoms with Crippen LogP contribution >= 0.6 is 0 Å². The summed E-state index contributed by atoms with van der Waals surface area (Å²) in [5, 5.41) is 0. The van der Waals surface area contributed by atoms with Gasteiger partial charge in [-0.25, -0.2) is 0 Å². The third-order valence-electron chi connectivity index (χ3n) is 4.37. The Kier molecular flexibility index (Phi) is 4.33. The van der Waals surface area contributed by atoms with Crippen LogP contribution < -0.4 is 0 Å². The number of ether oxygens (including phenoxy) is 1. The highest BCUT2D eigenvalue weighted by Crippen LogP contribution is 2.35. The average Bonchev–Trinajstić information content (AvgIpc) is 3.25. The fourth-order valence-corrected chi connectivity index (χ4v) is 4.19. The SMILES string of the molecule is Cc1ccc(S(=O)(=O)O[C@H]2CCCC[C@@H]2CC2CO2)cc1. The molecule has 0 radical (unpaired) electrons. The highest BCUT2D eigenvalue weighted by atomic mass is 32.2. The molecule has 3 atom stereocenters. The first-order chi connectivity index (χ1) is 10.0. The van der Waals surface area contributed by atoms with Crippen molar-refractivity contribution in [3.63, 3.8) is 0 Å². The second kappa shape index (κ2) is 6.07. The Bertz CT molecular complexity index is 575. The van der Waals surface area contributed by atoms with Gasteiger partial charge in [0.2, 0.25) is 0 Å². The molecule has 1 saturated carbocycles. The lowest BCUT2D eigenvalue weighted by Gasteiger charge is -2.30. The molecule has 1 aromatic carbocycles. The van der Waals surface area contributed by atoms with Crippen LogP contribution in [0.15, 0.2) is 29.2 Å². The number of hydrogen-bond acceptors (Lipinski definition) is 4. The summed E-state index contributed by atoms with van der Waals surface area (Å²) >= 11 is 0. The molecule has 1 heterocycles. The quantitative estimate of drug-likeness (QED) is 0.619. The lowest BCUT2D eigenvalue weighted by Crippen LogP contribution is -2.31. The Morgan fingerprint density at radius 2 is 1.86 bits per heavy atom. The van der Waals surface area contributed by atoms with E-state index in [1.807, 2.05) is 6.92 Å². The van der Waals surface area contributed by atoms with Crippen LogP contribution in [0.25, 0.3) is 0 Å². The summed E-state index contributed by atoms with van der Waals surface area (Å²) in [5.41, 5.74) is 1.04. The van der Waals surface area contributed by atoms with E-state index in [-0.39, 0.29) is 11.0 Å². The molecule has 0 N–H and O–H groups in total. The van der Waals surface area contributed by atoms with Crippen LogP contribution in [0.3, 0.4) is 0 Å². The molecule has 1 unspecified atom stereocenters. The van der Waals surface area contributed by atoms with Crippen LogP contribution in [0.2, 0.25) is 0 Å². The van der Waals surface area contributed by atoms with E-state index in [1.54, 1.807) is 24.3 Å². The van der Waals surface area contributed by atoms with E-state index in [4.69, 9.17) is 8.92 Å². The maximum absolute atomic E-state index is 12.4. The molecule has 21 heavy (non-hydrogen) atoms. The van der Waals surface area contributed by atoms with E-state index in [0.29, 0.717) is 12.0 Å². The zero-order chi connectivity index (χ0) is 14.9. The first-order valence-electron chi connectivity index (χ1n) is 7.66. The Labute approximate surface area is 126 Å². The average molecular weight is 310 g/mol. The third-order valence-corrected chi connectivity index (χ3v) is 5.72. The molecule has 0 spiro atoms. The molecular formula is C16H22O4S. The van der Waals surface area contributed by atoms with Crippen molar-refractivity contribution < 1.29 is 17.3 Å². The maximum Gasteiger partial charge on any atom is 0.297 e. The number of aryl methyl sites for hydroxylation is 1. The summed E-state index contributed by atoms with van der Waals surface area (Å²) in [6, 6.07) is 6.83. The van der Waals surface area contributed by atoms with Gasteiger partial charge >= 0.3 is 0 Å². The molecule has 4 nitrogen and oxygen atoms in total. The van der Waals surface area contributed by atoms with Gasteiger partial charge in [-0.1, -0.05) is 30.5 Å². The minimum Gasteiger partial charge on any atom is -0.373 e. The van der Waals surface area contributed by atoms with Crippen molar-refractivity contribution in [3.05, 3.63) is 29.8 Å². The first-order valence-corrected chi connectivity index (χ1v) is 9.07. The van der Waals surface area contributed by atoms with Crippen molar-refractivity contribution >= 4 is 10.1 Å². The normalized spacial score (nSPS) is 29.3. The molecule has 5 heteroatoms. The molecule has 2 fully saturated rings. The smallest absolute Gasteiger partial charge is 0.297 e. The van der Waals surface area contributed by atoms with Crippen molar-refractivity contribution in [2.45, 2.75) is 56.1 Å². The molecule has 0 bridgehead atoms. The van der Waals surface area contributed by atoms with E-state index in [2.05, 4.69) is 0 Å². The van der Waals surface area contributed by atoms with E-state index in [0.717, 1.165) is 44.3 Å². The summed E-state index contributed by atoms with van der Waals surface area (Å²) in [6.07, 6.45) is 5.10. The maximum atomic E-state index is 12.4. The van der Waals surface area contributed by atoms with Crippen LogP contribution in [0, 0.1) is 12.8 Å². The molecule has 0 amide bonds. The van der Waals surface area contributed by atoms with E-state index in [1.165, 1.54) is 0 Å². The molecule has 3 rings (SSSR count). The van der Waals surface area contributed by atoms with Gasteiger partial charge in [0, 0.05) is 0 Å². The minimum absolute atomic E-state index is 0.200. The van der Waals surface area contributed by atoms with E-state index < -0.39 is 10.1 Å². The Morgan fingerprint density at radius 3 is 2.52 bits per heavy atom. The van der Waals surface area contributed by atoms with Gasteiger partial charge in [0.15, 0.2) is 0 Å². The predicted molar refractivity (Wildman–Crippen MR) is 79.6 cm³/mol. The standard InChI is InChI=1S/C16H22O4S/c1-12-6-8-15(9-7-12)21(17,18)20-16-5-3-2-4-13(16)10-14-11-19-14/h6-9,13-14,16H,2-5,10-11H2,1H3/t13-,14?,16+/m1/s1. The number of epoxide rings is 1. The van der Waals surface area contributed by atoms with Gasteiger partial charge in [0.05, 0.1) is 23.7 Å². The van der Waals surface area contributed by atoms with Crippen molar-refractivity contribution in [1.29, 1.82) is 0 Å². The van der Waals surface area contributed by atoms with Gasteiger partial charge in [0.1, 0.15) is 0 Å². The molecule has 2 aliphatic rings. The van der Waals surface area contributed by atoms with Crippen molar-refractivity contribution in [1.82, 2.24) is 0 Å². The summed E-state index contributed by atoms with van der Waals surface area (Å²) in [4.78, 5) is 0.250. The Hall–Kier alpha value is -0.910. The van der Waals surface area contributed by atoms with Crippen LogP contribution in [-0.4, -0.2) is 27.2 Å². The fourth-order valence-electron chi connectivity index (χ4n) is 3.03. The van der Waals surface area contributed by atoms with Gasteiger partial charge < -0.3 is 4.74 Å². The number of hydrogen-bond donors (Lipinski definition) is 0. The summed E-state index contributed by atoms with van der Waals surface area (Å²) in [6.45, 7) is 2.75. The molecule has 1 aromatic rings. The highest BCUT2D eigenvalue weighted by Gasteiger charge is 2.35. The molecule has 1 saturated heterocycles. The van der Waals surface area contributed by atoms with Crippen LogP contribution in [0.4, 0.5) is 0 Å². The summed E-state index contributed by atoms with van der Waals surface area (Å²) in [5.74, 6) is 0.298. The van der Waals surface area contributed by atoms with Gasteiger partial charge in [0.25, 0.3) is 10.1 Å². The van der Waals surface area contributed by atoms with Gasteiger partial charge in [-0.05, 0) is 44.2 Å². The molecule has 1 aliphatic heterocycles. The van der Waals surface area contributed by atoms with Crippen LogP contribution in [0.1, 0.15) is 37.7 Å². The lowest BCUT2D eigenvalue weighted by molar-refractivity contribution is 0.0883. The molecular weight excluding hydrogens is 288 g/mol. The fraction of sp³-hybridized carbons (Fsp3) is 0.625. The van der Waals surface area contributed by atoms with E-state index in [9.17, 15) is 8.42 Å². The summed E-state index contributed by atoms with van der Waals surface area (Å²) < 4.78 is 35.7. The zero-order valence-electron chi connectivity index (χ0n) is 12.3. The third kappa shape index (κ3) is 3.84. The molecule has 1 aliphatic carbocycles. The zero-order valence-corrected chi connectivity index (χ0v) is 13.1. The van der Waals surface area contributed by atoms with Crippen LogP contribution in [0.5, 0.6) is 0 Å². The van der Waals surface area contributed by atoms with E-state index >= 15 is 0 Å². The van der Waals surface area contributed by atoms with Gasteiger partial charge in [-0.3, -0.25) is 4.18 Å². The number of benzene rings is 1. The number of rotatable bonds is 5. The lowest BCUT2D eigenvalue weighted by atomic mass is 9.84. The second-order valence-electron chi connectivity index (χ2n) is 6.14.